The van der Waals surface area contributed by atoms with Gasteiger partial charge in [-0.15, -0.1) is 0 Å². The Balaban J connectivity index is 5.27. The molecule has 96 valence electrons. The highest BCUT2D eigenvalue weighted by molar-refractivity contribution is 9.11. The number of hydrogen-bond acceptors (Lipinski definition) is 2. The predicted octanol–water partition coefficient (Wildman–Crippen LogP) is 4.71. The van der Waals surface area contributed by atoms with Crippen LogP contribution in [0.4, 0.5) is 0 Å². The minimum Gasteiger partial charge on any atom is -0.389 e. The molecule has 2 N–H and O–H groups in total. The Morgan fingerprint density at radius 1 is 1.47 bits per heavy atom. The Labute approximate surface area is 117 Å². The van der Waals surface area contributed by atoms with Crippen molar-refractivity contribution in [1.29, 1.82) is 0 Å². The van der Waals surface area contributed by atoms with Crippen LogP contribution in [0.15, 0.2) is 38.6 Å². The molecule has 0 unspecified atom stereocenters. The SMILES string of the molecule is C=C/C(Br)=C(N=CC(CC)CC)\C(C)=C(/N)Cl. The number of nitrogens with zero attached hydrogens (tertiary/aromatic N) is 1. The highest BCUT2D eigenvalue weighted by Gasteiger charge is 2.07. The van der Waals surface area contributed by atoms with Gasteiger partial charge < -0.3 is 5.73 Å². The zero-order chi connectivity index (χ0) is 13.4. The molecule has 0 aromatic carbocycles. The second-order valence-electron chi connectivity index (χ2n) is 3.73. The average molecular weight is 320 g/mol. The minimum atomic E-state index is 0.250. The number of aliphatic imine (C=N–C) groups is 1. The van der Waals surface area contributed by atoms with Gasteiger partial charge in [-0.3, -0.25) is 4.99 Å². The van der Waals surface area contributed by atoms with Gasteiger partial charge in [-0.2, -0.15) is 0 Å². The first kappa shape index (κ1) is 16.5. The van der Waals surface area contributed by atoms with Crippen molar-refractivity contribution in [2.45, 2.75) is 33.6 Å². The van der Waals surface area contributed by atoms with Crippen LogP contribution in [0.1, 0.15) is 33.6 Å². The number of halogens is 2. The van der Waals surface area contributed by atoms with Gasteiger partial charge in [0, 0.05) is 16.3 Å². The third-order valence-electron chi connectivity index (χ3n) is 2.58. The first-order valence-corrected chi connectivity index (χ1v) is 6.83. The molecular formula is C13H20BrClN2. The van der Waals surface area contributed by atoms with Crippen LogP contribution >= 0.6 is 27.5 Å². The highest BCUT2D eigenvalue weighted by atomic mass is 79.9. The molecule has 0 amide bonds. The van der Waals surface area contributed by atoms with E-state index < -0.39 is 0 Å². The van der Waals surface area contributed by atoms with Crippen molar-refractivity contribution < 1.29 is 0 Å². The predicted molar refractivity (Wildman–Crippen MR) is 81.5 cm³/mol. The molecule has 0 bridgehead atoms. The first-order chi connectivity index (χ1) is 7.97. The zero-order valence-corrected chi connectivity index (χ0v) is 13.0. The summed E-state index contributed by atoms with van der Waals surface area (Å²) in [5.41, 5.74) is 7.07. The summed E-state index contributed by atoms with van der Waals surface area (Å²) in [5.74, 6) is 0.472. The summed E-state index contributed by atoms with van der Waals surface area (Å²) in [6, 6.07) is 0. The van der Waals surface area contributed by atoms with Gasteiger partial charge in [0.2, 0.25) is 0 Å². The summed E-state index contributed by atoms with van der Waals surface area (Å²) in [6.07, 6.45) is 5.77. The minimum absolute atomic E-state index is 0.250. The van der Waals surface area contributed by atoms with Crippen molar-refractivity contribution in [3.8, 4) is 0 Å². The van der Waals surface area contributed by atoms with Crippen LogP contribution in [0.5, 0.6) is 0 Å². The molecule has 0 atom stereocenters. The fraction of sp³-hybridized carbons (Fsp3) is 0.462. The second kappa shape index (κ2) is 8.54. The molecular weight excluding hydrogens is 300 g/mol. The number of allylic oxidation sites excluding steroid dienone is 3. The molecule has 0 radical (unpaired) electrons. The van der Waals surface area contributed by atoms with E-state index in [1.165, 1.54) is 0 Å². The lowest BCUT2D eigenvalue weighted by Gasteiger charge is -2.08. The molecule has 0 aliphatic carbocycles. The number of nitrogens with two attached hydrogens (primary N) is 1. The Kier molecular flexibility index (Phi) is 8.26. The van der Waals surface area contributed by atoms with Gasteiger partial charge in [-0.05, 0) is 41.6 Å². The monoisotopic (exact) mass is 318 g/mol. The van der Waals surface area contributed by atoms with Gasteiger partial charge in [0.05, 0.1) is 5.70 Å². The lowest BCUT2D eigenvalue weighted by molar-refractivity contribution is 0.654. The summed E-state index contributed by atoms with van der Waals surface area (Å²) in [5, 5.41) is 0.250. The third kappa shape index (κ3) is 5.55. The van der Waals surface area contributed by atoms with E-state index in [9.17, 15) is 0 Å². The van der Waals surface area contributed by atoms with Crippen LogP contribution in [-0.2, 0) is 0 Å². The molecule has 0 fully saturated rings. The van der Waals surface area contributed by atoms with Gasteiger partial charge >= 0.3 is 0 Å². The smallest absolute Gasteiger partial charge is 0.104 e. The van der Waals surface area contributed by atoms with Gasteiger partial charge in [0.25, 0.3) is 0 Å². The van der Waals surface area contributed by atoms with Crippen molar-refractivity contribution in [2.24, 2.45) is 16.6 Å². The molecule has 0 aromatic rings. The van der Waals surface area contributed by atoms with Gasteiger partial charge in [-0.1, -0.05) is 38.1 Å². The molecule has 0 aliphatic heterocycles. The fourth-order valence-electron chi connectivity index (χ4n) is 1.23. The maximum Gasteiger partial charge on any atom is 0.104 e. The van der Waals surface area contributed by atoms with Crippen molar-refractivity contribution >= 4 is 33.7 Å². The summed E-state index contributed by atoms with van der Waals surface area (Å²) >= 11 is 9.21. The summed E-state index contributed by atoms with van der Waals surface area (Å²) in [6.45, 7) is 9.83. The average Bonchev–Trinajstić information content (AvgIpc) is 2.33. The van der Waals surface area contributed by atoms with Crippen LogP contribution in [-0.4, -0.2) is 6.21 Å². The molecule has 17 heavy (non-hydrogen) atoms. The van der Waals surface area contributed by atoms with Gasteiger partial charge in [-0.25, -0.2) is 0 Å². The first-order valence-electron chi connectivity index (χ1n) is 5.66. The molecule has 0 spiro atoms. The van der Waals surface area contributed by atoms with E-state index >= 15 is 0 Å². The number of rotatable bonds is 6. The molecule has 2 nitrogen and oxygen atoms in total. The van der Waals surface area contributed by atoms with Crippen molar-refractivity contribution in [2.75, 3.05) is 0 Å². The Hall–Kier alpha value is -0.540. The summed E-state index contributed by atoms with van der Waals surface area (Å²) in [7, 11) is 0. The lowest BCUT2D eigenvalue weighted by Crippen LogP contribution is -2.01. The van der Waals surface area contributed by atoms with Crippen molar-refractivity contribution in [1.82, 2.24) is 0 Å². The lowest BCUT2D eigenvalue weighted by atomic mass is 10.1. The van der Waals surface area contributed by atoms with Crippen LogP contribution in [0, 0.1) is 5.92 Å². The Bertz CT molecular complexity index is 348. The maximum absolute atomic E-state index is 5.80. The topological polar surface area (TPSA) is 38.4 Å². The number of hydrogen-bond donors (Lipinski definition) is 1. The highest BCUT2D eigenvalue weighted by Crippen LogP contribution is 2.24. The maximum atomic E-state index is 5.80. The van der Waals surface area contributed by atoms with E-state index in [1.54, 1.807) is 6.08 Å². The van der Waals surface area contributed by atoms with E-state index in [0.717, 1.165) is 28.6 Å². The molecule has 0 saturated carbocycles. The van der Waals surface area contributed by atoms with Gasteiger partial charge in [0.15, 0.2) is 0 Å². The molecule has 0 saturated heterocycles. The standard InChI is InChI=1S/C13H20BrClN2/c1-5-10(6-2)8-17-12(11(14)7-3)9(4)13(15)16/h7-8,10H,3,5-6,16H2,1-2,4H3/b12-11-,13-9-,17-8?. The van der Waals surface area contributed by atoms with Crippen molar-refractivity contribution in [3.05, 3.63) is 33.6 Å². The Morgan fingerprint density at radius 2 is 2.00 bits per heavy atom. The van der Waals surface area contributed by atoms with E-state index in [2.05, 4.69) is 41.3 Å². The van der Waals surface area contributed by atoms with Crippen LogP contribution in [0.3, 0.4) is 0 Å². The third-order valence-corrected chi connectivity index (χ3v) is 3.56. The van der Waals surface area contributed by atoms with Crippen LogP contribution < -0.4 is 5.73 Å². The van der Waals surface area contributed by atoms with E-state index in [0.29, 0.717) is 5.92 Å². The molecule has 0 aliphatic rings. The van der Waals surface area contributed by atoms with E-state index in [-0.39, 0.29) is 5.16 Å². The summed E-state index contributed by atoms with van der Waals surface area (Å²) < 4.78 is 0.792. The second-order valence-corrected chi connectivity index (χ2v) is 4.99. The van der Waals surface area contributed by atoms with Crippen LogP contribution in [0.2, 0.25) is 0 Å². The summed E-state index contributed by atoms with van der Waals surface area (Å²) in [4.78, 5) is 4.47. The normalized spacial score (nSPS) is 14.9. The largest absolute Gasteiger partial charge is 0.389 e. The molecule has 4 heteroatoms. The quantitative estimate of drug-likeness (QED) is 0.429. The molecule has 0 rings (SSSR count). The Morgan fingerprint density at radius 3 is 2.35 bits per heavy atom. The van der Waals surface area contributed by atoms with E-state index in [4.69, 9.17) is 17.3 Å². The zero-order valence-electron chi connectivity index (χ0n) is 10.6. The van der Waals surface area contributed by atoms with E-state index in [1.807, 2.05) is 13.1 Å². The molecule has 0 aromatic heterocycles. The molecule has 0 heterocycles. The van der Waals surface area contributed by atoms with Gasteiger partial charge in [0.1, 0.15) is 5.16 Å². The fourth-order valence-corrected chi connectivity index (χ4v) is 1.72. The van der Waals surface area contributed by atoms with Crippen LogP contribution in [0.25, 0.3) is 0 Å². The van der Waals surface area contributed by atoms with Crippen molar-refractivity contribution in [3.63, 3.8) is 0 Å².